The molecule has 6 heteroatoms. The zero-order valence-corrected chi connectivity index (χ0v) is 12.5. The summed E-state index contributed by atoms with van der Waals surface area (Å²) in [6.45, 7) is 2.69. The molecular weight excluding hydrogens is 272 g/mol. The number of hydrogen-bond acceptors (Lipinski definition) is 3. The van der Waals surface area contributed by atoms with Gasteiger partial charge in [-0.3, -0.25) is 0 Å². The molecule has 1 aromatic heterocycles. The number of rotatable bonds is 3. The highest BCUT2D eigenvalue weighted by molar-refractivity contribution is 5.82. The molecule has 0 radical (unpaired) electrons. The summed E-state index contributed by atoms with van der Waals surface area (Å²) in [5, 5.41) is 9.33. The van der Waals surface area contributed by atoms with Crippen molar-refractivity contribution in [3.05, 3.63) is 23.7 Å². The Hall–Kier alpha value is -1.98. The third kappa shape index (κ3) is 3.77. The lowest BCUT2D eigenvalue weighted by Crippen LogP contribution is -2.49. The van der Waals surface area contributed by atoms with Crippen LogP contribution in [0.1, 0.15) is 37.2 Å². The van der Waals surface area contributed by atoms with E-state index in [1.54, 1.807) is 7.05 Å². The van der Waals surface area contributed by atoms with Crippen LogP contribution in [0.5, 0.6) is 0 Å². The van der Waals surface area contributed by atoms with E-state index in [0.717, 1.165) is 25.0 Å². The molecule has 1 fully saturated rings. The normalized spacial score (nSPS) is 19.1. The number of aryl methyl sites for hydroxylation is 1. The van der Waals surface area contributed by atoms with Crippen molar-refractivity contribution >= 4 is 12.0 Å². The minimum absolute atomic E-state index is 0.252. The van der Waals surface area contributed by atoms with Crippen LogP contribution in [0.25, 0.3) is 0 Å². The van der Waals surface area contributed by atoms with E-state index in [-0.39, 0.29) is 6.03 Å². The van der Waals surface area contributed by atoms with Crippen LogP contribution in [-0.4, -0.2) is 46.5 Å². The second-order valence-corrected chi connectivity index (χ2v) is 5.55. The van der Waals surface area contributed by atoms with Crippen molar-refractivity contribution in [3.63, 3.8) is 0 Å². The van der Waals surface area contributed by atoms with Crippen LogP contribution in [0, 0.1) is 6.92 Å². The number of hydrogen-bond donors (Lipinski definition) is 1. The molecule has 0 aliphatic carbocycles. The molecular formula is C15H22N2O4. The predicted molar refractivity (Wildman–Crippen MR) is 76.9 cm³/mol. The predicted octanol–water partition coefficient (Wildman–Crippen LogP) is 2.47. The number of furan rings is 1. The van der Waals surface area contributed by atoms with Crippen LogP contribution in [0.2, 0.25) is 0 Å². The molecule has 116 valence electrons. The van der Waals surface area contributed by atoms with Crippen molar-refractivity contribution in [1.29, 1.82) is 0 Å². The highest BCUT2D eigenvalue weighted by atomic mass is 16.4. The molecule has 1 unspecified atom stereocenters. The van der Waals surface area contributed by atoms with Crippen LogP contribution in [0.3, 0.4) is 0 Å². The number of nitrogens with zero attached hydrogens (tertiary/aromatic N) is 2. The van der Waals surface area contributed by atoms with Gasteiger partial charge >= 0.3 is 12.0 Å². The SMILES string of the molecule is Cc1ccc(CN(C)C(=O)N2CCCCCC2C(=O)O)o1. The summed E-state index contributed by atoms with van der Waals surface area (Å²) in [5.74, 6) is 0.571. The van der Waals surface area contributed by atoms with E-state index in [9.17, 15) is 14.7 Å². The maximum atomic E-state index is 12.5. The molecule has 1 aliphatic rings. The van der Waals surface area contributed by atoms with Gasteiger partial charge in [-0.15, -0.1) is 0 Å². The van der Waals surface area contributed by atoms with Gasteiger partial charge in [-0.25, -0.2) is 9.59 Å². The number of carboxylic acids is 1. The van der Waals surface area contributed by atoms with E-state index in [2.05, 4.69) is 0 Å². The molecule has 21 heavy (non-hydrogen) atoms. The minimum atomic E-state index is -0.924. The maximum Gasteiger partial charge on any atom is 0.326 e. The van der Waals surface area contributed by atoms with Crippen molar-refractivity contribution in [1.82, 2.24) is 9.80 Å². The molecule has 2 rings (SSSR count). The van der Waals surface area contributed by atoms with Gasteiger partial charge in [0.25, 0.3) is 0 Å². The first-order valence-corrected chi connectivity index (χ1v) is 7.29. The Bertz CT molecular complexity index is 512. The number of carbonyl (C=O) groups excluding carboxylic acids is 1. The fourth-order valence-corrected chi connectivity index (χ4v) is 2.68. The van der Waals surface area contributed by atoms with E-state index in [4.69, 9.17) is 4.42 Å². The Morgan fingerprint density at radius 1 is 1.38 bits per heavy atom. The Morgan fingerprint density at radius 3 is 2.76 bits per heavy atom. The molecule has 1 saturated heterocycles. The van der Waals surface area contributed by atoms with Gasteiger partial charge in [0, 0.05) is 13.6 Å². The second kappa shape index (κ2) is 6.65. The number of urea groups is 1. The fraction of sp³-hybridized carbons (Fsp3) is 0.600. The number of amides is 2. The first kappa shape index (κ1) is 15.4. The van der Waals surface area contributed by atoms with Crippen LogP contribution in [0.15, 0.2) is 16.5 Å². The van der Waals surface area contributed by atoms with Gasteiger partial charge in [0.05, 0.1) is 6.54 Å². The van der Waals surface area contributed by atoms with Crippen LogP contribution < -0.4 is 0 Å². The summed E-state index contributed by atoms with van der Waals surface area (Å²) < 4.78 is 5.46. The van der Waals surface area contributed by atoms with Crippen molar-refractivity contribution in [3.8, 4) is 0 Å². The van der Waals surface area contributed by atoms with Crippen molar-refractivity contribution in [2.45, 2.75) is 45.2 Å². The van der Waals surface area contributed by atoms with E-state index in [1.807, 2.05) is 19.1 Å². The maximum absolute atomic E-state index is 12.5. The molecule has 1 N–H and O–H groups in total. The first-order chi connectivity index (χ1) is 9.99. The Kier molecular flexibility index (Phi) is 4.88. The van der Waals surface area contributed by atoms with Crippen LogP contribution in [-0.2, 0) is 11.3 Å². The smallest absolute Gasteiger partial charge is 0.326 e. The molecule has 0 saturated carbocycles. The van der Waals surface area contributed by atoms with Crippen LogP contribution in [0.4, 0.5) is 4.79 Å². The average Bonchev–Trinajstić information content (AvgIpc) is 2.71. The number of aliphatic carboxylic acids is 1. The second-order valence-electron chi connectivity index (χ2n) is 5.55. The quantitative estimate of drug-likeness (QED) is 0.929. The van der Waals surface area contributed by atoms with E-state index in [1.165, 1.54) is 9.80 Å². The molecule has 0 bridgehead atoms. The topological polar surface area (TPSA) is 74.0 Å². The standard InChI is InChI=1S/C15H22N2O4/c1-11-7-8-12(21-11)10-16(2)15(20)17-9-5-3-4-6-13(17)14(18)19/h7-8,13H,3-6,9-10H2,1-2H3,(H,18,19). The van der Waals surface area contributed by atoms with E-state index in [0.29, 0.717) is 25.3 Å². The Morgan fingerprint density at radius 2 is 2.14 bits per heavy atom. The first-order valence-electron chi connectivity index (χ1n) is 7.29. The highest BCUT2D eigenvalue weighted by Crippen LogP contribution is 2.19. The number of likely N-dealkylation sites (tertiary alicyclic amines) is 1. The average molecular weight is 294 g/mol. The lowest BCUT2D eigenvalue weighted by Gasteiger charge is -2.31. The molecule has 1 aliphatic heterocycles. The Balaban J connectivity index is 2.06. The van der Waals surface area contributed by atoms with Gasteiger partial charge in [-0.05, 0) is 31.9 Å². The van der Waals surface area contributed by atoms with Gasteiger partial charge in [0.15, 0.2) is 0 Å². The van der Waals surface area contributed by atoms with Crippen LogP contribution >= 0.6 is 0 Å². The molecule has 0 spiro atoms. The highest BCUT2D eigenvalue weighted by Gasteiger charge is 2.32. The van der Waals surface area contributed by atoms with Gasteiger partial charge in [0.2, 0.25) is 0 Å². The van der Waals surface area contributed by atoms with Gasteiger partial charge in [-0.2, -0.15) is 0 Å². The molecule has 2 amide bonds. The van der Waals surface area contributed by atoms with E-state index >= 15 is 0 Å². The third-order valence-electron chi connectivity index (χ3n) is 3.80. The third-order valence-corrected chi connectivity index (χ3v) is 3.80. The summed E-state index contributed by atoms with van der Waals surface area (Å²) in [4.78, 5) is 26.9. The van der Waals surface area contributed by atoms with Gasteiger partial charge < -0.3 is 19.3 Å². The monoisotopic (exact) mass is 294 g/mol. The molecule has 1 aromatic rings. The minimum Gasteiger partial charge on any atom is -0.480 e. The summed E-state index contributed by atoms with van der Waals surface area (Å²) in [6.07, 6.45) is 3.19. The van der Waals surface area contributed by atoms with Gasteiger partial charge in [0.1, 0.15) is 17.6 Å². The van der Waals surface area contributed by atoms with Crippen molar-refractivity contribution in [2.75, 3.05) is 13.6 Å². The van der Waals surface area contributed by atoms with E-state index < -0.39 is 12.0 Å². The molecule has 2 heterocycles. The zero-order valence-electron chi connectivity index (χ0n) is 12.5. The lowest BCUT2D eigenvalue weighted by molar-refractivity contribution is -0.142. The molecule has 0 aromatic carbocycles. The summed E-state index contributed by atoms with van der Waals surface area (Å²) in [6, 6.07) is 2.70. The number of carbonyl (C=O) groups is 2. The Labute approximate surface area is 124 Å². The summed E-state index contributed by atoms with van der Waals surface area (Å²) in [5.41, 5.74) is 0. The molecule has 1 atom stereocenters. The summed E-state index contributed by atoms with van der Waals surface area (Å²) in [7, 11) is 1.67. The largest absolute Gasteiger partial charge is 0.480 e. The van der Waals surface area contributed by atoms with Crippen molar-refractivity contribution < 1.29 is 19.1 Å². The lowest BCUT2D eigenvalue weighted by atomic mass is 10.1. The fourth-order valence-electron chi connectivity index (χ4n) is 2.68. The summed E-state index contributed by atoms with van der Waals surface area (Å²) >= 11 is 0. The van der Waals surface area contributed by atoms with Gasteiger partial charge in [-0.1, -0.05) is 12.8 Å². The number of carboxylic acid groups (broad SMARTS) is 1. The zero-order chi connectivity index (χ0) is 15.4. The molecule has 6 nitrogen and oxygen atoms in total. The van der Waals surface area contributed by atoms with Crippen molar-refractivity contribution in [2.24, 2.45) is 0 Å².